The molecule has 1 unspecified atom stereocenters. The summed E-state index contributed by atoms with van der Waals surface area (Å²) in [7, 11) is 1.82. The van der Waals surface area contributed by atoms with Crippen molar-refractivity contribution in [2.45, 2.75) is 25.8 Å². The van der Waals surface area contributed by atoms with E-state index in [9.17, 15) is 4.39 Å². The molecular weight excluding hydrogens is 265 g/mol. The van der Waals surface area contributed by atoms with Crippen molar-refractivity contribution in [3.8, 4) is 5.75 Å². The predicted octanol–water partition coefficient (Wildman–Crippen LogP) is 4.12. The van der Waals surface area contributed by atoms with Crippen LogP contribution < -0.4 is 10.1 Å². The number of rotatable bonds is 7. The Bertz CT molecular complexity index is 556. The molecule has 2 rings (SSSR count). The zero-order chi connectivity index (χ0) is 15.1. The molecule has 2 aromatic carbocycles. The standard InChI is InChI=1S/C18H22FNO/c1-14(20-2)17-11-10-16(13-18(17)19)21-12-6-9-15-7-4-3-5-8-15/h3-5,7-8,10-11,13-14,20H,6,9,12H2,1-2H3. The van der Waals surface area contributed by atoms with E-state index in [0.717, 1.165) is 12.8 Å². The second-order valence-electron chi connectivity index (χ2n) is 5.13. The third kappa shape index (κ3) is 4.57. The molecule has 0 aliphatic rings. The molecule has 0 aromatic heterocycles. The lowest BCUT2D eigenvalue weighted by molar-refractivity contribution is 0.309. The van der Waals surface area contributed by atoms with Crippen LogP contribution in [0.15, 0.2) is 48.5 Å². The molecule has 0 amide bonds. The summed E-state index contributed by atoms with van der Waals surface area (Å²) in [6, 6.07) is 15.4. The third-order valence-corrected chi connectivity index (χ3v) is 3.59. The summed E-state index contributed by atoms with van der Waals surface area (Å²) in [5, 5.41) is 3.03. The van der Waals surface area contributed by atoms with Crippen LogP contribution in [0, 0.1) is 5.82 Å². The number of hydrogen-bond acceptors (Lipinski definition) is 2. The smallest absolute Gasteiger partial charge is 0.131 e. The van der Waals surface area contributed by atoms with Crippen molar-refractivity contribution in [2.24, 2.45) is 0 Å². The fourth-order valence-corrected chi connectivity index (χ4v) is 2.22. The maximum absolute atomic E-state index is 13.9. The van der Waals surface area contributed by atoms with Gasteiger partial charge in [-0.15, -0.1) is 0 Å². The van der Waals surface area contributed by atoms with Gasteiger partial charge >= 0.3 is 0 Å². The van der Waals surface area contributed by atoms with E-state index in [0.29, 0.717) is 17.9 Å². The number of aryl methyl sites for hydroxylation is 1. The lowest BCUT2D eigenvalue weighted by Crippen LogP contribution is -2.13. The van der Waals surface area contributed by atoms with Gasteiger partial charge in [0, 0.05) is 17.7 Å². The normalized spacial score (nSPS) is 12.1. The third-order valence-electron chi connectivity index (χ3n) is 3.59. The molecule has 0 spiro atoms. The lowest BCUT2D eigenvalue weighted by Gasteiger charge is -2.13. The van der Waals surface area contributed by atoms with Gasteiger partial charge in [0.25, 0.3) is 0 Å². The summed E-state index contributed by atoms with van der Waals surface area (Å²) in [4.78, 5) is 0. The number of ether oxygens (including phenoxy) is 1. The molecule has 1 atom stereocenters. The molecule has 0 saturated carbocycles. The average Bonchev–Trinajstić information content (AvgIpc) is 2.52. The van der Waals surface area contributed by atoms with E-state index in [-0.39, 0.29) is 11.9 Å². The van der Waals surface area contributed by atoms with Gasteiger partial charge in [0.15, 0.2) is 0 Å². The monoisotopic (exact) mass is 287 g/mol. The van der Waals surface area contributed by atoms with Gasteiger partial charge in [-0.25, -0.2) is 4.39 Å². The largest absolute Gasteiger partial charge is 0.493 e. The van der Waals surface area contributed by atoms with Crippen molar-refractivity contribution in [1.82, 2.24) is 5.32 Å². The number of benzene rings is 2. The first-order valence-electron chi connectivity index (χ1n) is 7.34. The van der Waals surface area contributed by atoms with Gasteiger partial charge < -0.3 is 10.1 Å². The van der Waals surface area contributed by atoms with Gasteiger partial charge in [-0.3, -0.25) is 0 Å². The first-order valence-corrected chi connectivity index (χ1v) is 7.34. The highest BCUT2D eigenvalue weighted by Crippen LogP contribution is 2.21. The van der Waals surface area contributed by atoms with Gasteiger partial charge in [0.1, 0.15) is 11.6 Å². The molecule has 0 aliphatic heterocycles. The molecule has 0 saturated heterocycles. The van der Waals surface area contributed by atoms with Crippen LogP contribution in [0.25, 0.3) is 0 Å². The van der Waals surface area contributed by atoms with E-state index in [1.807, 2.05) is 38.2 Å². The van der Waals surface area contributed by atoms with E-state index in [2.05, 4.69) is 17.4 Å². The maximum Gasteiger partial charge on any atom is 0.131 e. The van der Waals surface area contributed by atoms with Gasteiger partial charge in [-0.05, 0) is 38.4 Å². The highest BCUT2D eigenvalue weighted by atomic mass is 19.1. The highest BCUT2D eigenvalue weighted by Gasteiger charge is 2.09. The SMILES string of the molecule is CNC(C)c1ccc(OCCCc2ccccc2)cc1F. The minimum absolute atomic E-state index is 0.00266. The van der Waals surface area contributed by atoms with Crippen LogP contribution in [0.5, 0.6) is 5.75 Å². The first-order chi connectivity index (χ1) is 10.2. The summed E-state index contributed by atoms with van der Waals surface area (Å²) in [5.74, 6) is 0.366. The van der Waals surface area contributed by atoms with E-state index in [1.54, 1.807) is 6.07 Å². The first kappa shape index (κ1) is 15.5. The predicted molar refractivity (Wildman–Crippen MR) is 84.1 cm³/mol. The van der Waals surface area contributed by atoms with E-state index >= 15 is 0 Å². The Morgan fingerprint density at radius 1 is 1.14 bits per heavy atom. The van der Waals surface area contributed by atoms with Gasteiger partial charge in [0.2, 0.25) is 0 Å². The molecule has 2 aromatic rings. The molecule has 0 heterocycles. The fourth-order valence-electron chi connectivity index (χ4n) is 2.22. The molecule has 21 heavy (non-hydrogen) atoms. The molecular formula is C18H22FNO. The van der Waals surface area contributed by atoms with E-state index in [1.165, 1.54) is 11.6 Å². The Morgan fingerprint density at radius 3 is 2.57 bits per heavy atom. The summed E-state index contributed by atoms with van der Waals surface area (Å²) >= 11 is 0. The van der Waals surface area contributed by atoms with Gasteiger partial charge in [0.05, 0.1) is 6.61 Å². The molecule has 0 aliphatic carbocycles. The highest BCUT2D eigenvalue weighted by molar-refractivity contribution is 5.30. The molecule has 112 valence electrons. The van der Waals surface area contributed by atoms with E-state index < -0.39 is 0 Å². The van der Waals surface area contributed by atoms with Crippen LogP contribution in [0.4, 0.5) is 4.39 Å². The minimum atomic E-state index is -0.225. The van der Waals surface area contributed by atoms with Crippen molar-refractivity contribution < 1.29 is 9.13 Å². The number of halogens is 1. The van der Waals surface area contributed by atoms with Crippen LogP contribution >= 0.6 is 0 Å². The Morgan fingerprint density at radius 2 is 1.90 bits per heavy atom. The second-order valence-corrected chi connectivity index (χ2v) is 5.13. The van der Waals surface area contributed by atoms with Crippen molar-refractivity contribution >= 4 is 0 Å². The Balaban J connectivity index is 1.82. The molecule has 1 N–H and O–H groups in total. The van der Waals surface area contributed by atoms with Crippen molar-refractivity contribution in [1.29, 1.82) is 0 Å². The zero-order valence-electron chi connectivity index (χ0n) is 12.6. The fraction of sp³-hybridized carbons (Fsp3) is 0.333. The van der Waals surface area contributed by atoms with Crippen LogP contribution in [0.2, 0.25) is 0 Å². The molecule has 3 heteroatoms. The van der Waals surface area contributed by atoms with Crippen molar-refractivity contribution in [3.05, 3.63) is 65.5 Å². The Kier molecular flexibility index (Phi) is 5.76. The Hall–Kier alpha value is -1.87. The van der Waals surface area contributed by atoms with Gasteiger partial charge in [-0.1, -0.05) is 36.4 Å². The number of nitrogens with one attached hydrogen (secondary N) is 1. The van der Waals surface area contributed by atoms with Crippen LogP contribution in [-0.4, -0.2) is 13.7 Å². The average molecular weight is 287 g/mol. The van der Waals surface area contributed by atoms with Crippen molar-refractivity contribution in [3.63, 3.8) is 0 Å². The molecule has 0 bridgehead atoms. The Labute approximate surface area is 126 Å². The summed E-state index contributed by atoms with van der Waals surface area (Å²) in [6.45, 7) is 2.52. The van der Waals surface area contributed by atoms with Crippen LogP contribution in [0.3, 0.4) is 0 Å². The lowest BCUT2D eigenvalue weighted by atomic mass is 10.1. The molecule has 0 fully saturated rings. The number of hydrogen-bond donors (Lipinski definition) is 1. The molecule has 2 nitrogen and oxygen atoms in total. The molecule has 0 radical (unpaired) electrons. The quantitative estimate of drug-likeness (QED) is 0.774. The summed E-state index contributed by atoms with van der Waals surface area (Å²) < 4.78 is 19.6. The van der Waals surface area contributed by atoms with Crippen LogP contribution in [-0.2, 0) is 6.42 Å². The van der Waals surface area contributed by atoms with Crippen LogP contribution in [0.1, 0.15) is 30.5 Å². The second kappa shape index (κ2) is 7.79. The maximum atomic E-state index is 13.9. The zero-order valence-corrected chi connectivity index (χ0v) is 12.6. The topological polar surface area (TPSA) is 21.3 Å². The summed E-state index contributed by atoms with van der Waals surface area (Å²) in [5.41, 5.74) is 1.96. The van der Waals surface area contributed by atoms with Gasteiger partial charge in [-0.2, -0.15) is 0 Å². The summed E-state index contributed by atoms with van der Waals surface area (Å²) in [6.07, 6.45) is 1.89. The van der Waals surface area contributed by atoms with E-state index in [4.69, 9.17) is 4.74 Å². The van der Waals surface area contributed by atoms with Crippen molar-refractivity contribution in [2.75, 3.05) is 13.7 Å². The minimum Gasteiger partial charge on any atom is -0.493 e.